The van der Waals surface area contributed by atoms with Gasteiger partial charge in [0.05, 0.1) is 17.1 Å². The van der Waals surface area contributed by atoms with Crippen LogP contribution < -0.4 is 5.32 Å². The van der Waals surface area contributed by atoms with Gasteiger partial charge in [0.2, 0.25) is 0 Å². The number of aliphatic imine (C=N–C) groups is 1. The molecule has 1 aromatic heterocycles. The molecule has 1 N–H and O–H groups in total. The number of carbonyl (C=O) groups is 1. The van der Waals surface area contributed by atoms with Gasteiger partial charge in [0.15, 0.2) is 5.17 Å². The molecule has 114 valence electrons. The highest BCUT2D eigenvalue weighted by Crippen LogP contribution is 2.23. The number of amidine groups is 1. The summed E-state index contributed by atoms with van der Waals surface area (Å²) in [6.45, 7) is 4.81. The van der Waals surface area contributed by atoms with Gasteiger partial charge < -0.3 is 9.88 Å². The maximum atomic E-state index is 12.4. The van der Waals surface area contributed by atoms with Crippen molar-refractivity contribution in [3.8, 4) is 5.69 Å². The summed E-state index contributed by atoms with van der Waals surface area (Å²) in [5.74, 6) is 0.688. The van der Waals surface area contributed by atoms with Crippen LogP contribution in [-0.4, -0.2) is 27.9 Å². The lowest BCUT2D eigenvalue weighted by atomic mass is 10.1. The number of hydrogen-bond acceptors (Lipinski definition) is 3. The minimum atomic E-state index is -0.220. The summed E-state index contributed by atoms with van der Waals surface area (Å²) in [5, 5.41) is 3.92. The van der Waals surface area contributed by atoms with Crippen molar-refractivity contribution in [2.45, 2.75) is 13.8 Å². The first kappa shape index (κ1) is 15.2. The SMILES string of the molecule is Cc1ccc(C)n1-c1ccc(Cl)c(C(=O)NC2=NCCS2)c1. The highest BCUT2D eigenvalue weighted by Gasteiger charge is 2.16. The van der Waals surface area contributed by atoms with Gasteiger partial charge in [-0.3, -0.25) is 9.79 Å². The number of nitrogens with zero attached hydrogens (tertiary/aromatic N) is 2. The molecule has 2 aromatic rings. The number of amides is 1. The van der Waals surface area contributed by atoms with Crippen LogP contribution in [0.4, 0.5) is 0 Å². The number of thioether (sulfide) groups is 1. The third-order valence-corrected chi connectivity index (χ3v) is 4.75. The quantitative estimate of drug-likeness (QED) is 0.913. The number of carbonyl (C=O) groups excluding carboxylic acids is 1. The summed E-state index contributed by atoms with van der Waals surface area (Å²) in [4.78, 5) is 16.6. The molecule has 0 unspecified atom stereocenters. The Balaban J connectivity index is 1.95. The monoisotopic (exact) mass is 333 g/mol. The summed E-state index contributed by atoms with van der Waals surface area (Å²) in [7, 11) is 0. The molecule has 2 heterocycles. The number of nitrogens with one attached hydrogen (secondary N) is 1. The van der Waals surface area contributed by atoms with Crippen LogP contribution >= 0.6 is 23.4 Å². The van der Waals surface area contributed by atoms with Crippen molar-refractivity contribution < 1.29 is 4.79 Å². The highest BCUT2D eigenvalue weighted by atomic mass is 35.5. The molecule has 0 aliphatic carbocycles. The second-order valence-corrected chi connectivity index (χ2v) is 6.60. The summed E-state index contributed by atoms with van der Waals surface area (Å²) < 4.78 is 2.09. The predicted molar refractivity (Wildman–Crippen MR) is 92.5 cm³/mol. The van der Waals surface area contributed by atoms with Gasteiger partial charge >= 0.3 is 0 Å². The average molecular weight is 334 g/mol. The lowest BCUT2D eigenvalue weighted by molar-refractivity contribution is 0.0978. The van der Waals surface area contributed by atoms with Crippen molar-refractivity contribution in [3.05, 3.63) is 52.3 Å². The van der Waals surface area contributed by atoms with Gasteiger partial charge in [-0.15, -0.1) is 0 Å². The molecule has 22 heavy (non-hydrogen) atoms. The number of rotatable bonds is 2. The van der Waals surface area contributed by atoms with Gasteiger partial charge in [0, 0.05) is 22.8 Å². The molecule has 0 saturated carbocycles. The molecule has 0 bridgehead atoms. The van der Waals surface area contributed by atoms with Crippen LogP contribution in [0.2, 0.25) is 5.02 Å². The molecular formula is C16H16ClN3OS. The molecule has 0 radical (unpaired) electrons. The first-order valence-electron chi connectivity index (χ1n) is 7.00. The Bertz CT molecular complexity index is 747. The Kier molecular flexibility index (Phi) is 4.27. The van der Waals surface area contributed by atoms with Crippen LogP contribution in [0.3, 0.4) is 0 Å². The molecule has 1 aromatic carbocycles. The zero-order chi connectivity index (χ0) is 15.7. The van der Waals surface area contributed by atoms with E-state index in [2.05, 4.69) is 14.9 Å². The fraction of sp³-hybridized carbons (Fsp3) is 0.250. The Hall–Kier alpha value is -1.72. The third kappa shape index (κ3) is 2.91. The number of halogens is 1. The maximum absolute atomic E-state index is 12.4. The molecule has 3 rings (SSSR count). The number of aryl methyl sites for hydroxylation is 2. The average Bonchev–Trinajstić information content (AvgIpc) is 3.10. The largest absolute Gasteiger partial charge is 0.318 e. The molecular weight excluding hydrogens is 318 g/mol. The van der Waals surface area contributed by atoms with Crippen molar-refractivity contribution in [3.63, 3.8) is 0 Å². The smallest absolute Gasteiger partial charge is 0.258 e. The van der Waals surface area contributed by atoms with E-state index >= 15 is 0 Å². The molecule has 0 saturated heterocycles. The molecule has 1 amide bonds. The molecule has 1 aliphatic heterocycles. The van der Waals surface area contributed by atoms with Crippen molar-refractivity contribution >= 4 is 34.4 Å². The standard InChI is InChI=1S/C16H16ClN3OS/c1-10-3-4-11(2)20(10)12-5-6-14(17)13(9-12)15(21)19-16-18-7-8-22-16/h3-6,9H,7-8H2,1-2H3,(H,18,19,21). The van der Waals surface area contributed by atoms with Crippen molar-refractivity contribution in [1.82, 2.24) is 9.88 Å². The second kappa shape index (κ2) is 6.18. The zero-order valence-electron chi connectivity index (χ0n) is 12.4. The fourth-order valence-electron chi connectivity index (χ4n) is 2.48. The van der Waals surface area contributed by atoms with Crippen molar-refractivity contribution in [2.24, 2.45) is 4.99 Å². The number of hydrogen-bond donors (Lipinski definition) is 1. The van der Waals surface area contributed by atoms with Gasteiger partial charge in [-0.1, -0.05) is 23.4 Å². The van der Waals surface area contributed by atoms with E-state index in [1.54, 1.807) is 17.8 Å². The zero-order valence-corrected chi connectivity index (χ0v) is 14.0. The Morgan fingerprint density at radius 3 is 2.64 bits per heavy atom. The van der Waals surface area contributed by atoms with Gasteiger partial charge in [-0.25, -0.2) is 0 Å². The van der Waals surface area contributed by atoms with Gasteiger partial charge in [0.1, 0.15) is 0 Å². The Morgan fingerprint density at radius 1 is 1.27 bits per heavy atom. The Morgan fingerprint density at radius 2 is 2.00 bits per heavy atom. The van der Waals surface area contributed by atoms with Gasteiger partial charge in [0.25, 0.3) is 5.91 Å². The van der Waals surface area contributed by atoms with Gasteiger partial charge in [-0.2, -0.15) is 0 Å². The fourth-order valence-corrected chi connectivity index (χ4v) is 3.40. The van der Waals surface area contributed by atoms with Crippen LogP contribution in [0.5, 0.6) is 0 Å². The highest BCUT2D eigenvalue weighted by molar-refractivity contribution is 8.14. The van der Waals surface area contributed by atoms with E-state index in [9.17, 15) is 4.79 Å². The summed E-state index contributed by atoms with van der Waals surface area (Å²) in [6.07, 6.45) is 0. The van der Waals surface area contributed by atoms with E-state index in [4.69, 9.17) is 11.6 Å². The molecule has 0 atom stereocenters. The van der Waals surface area contributed by atoms with Crippen molar-refractivity contribution in [2.75, 3.05) is 12.3 Å². The first-order chi connectivity index (χ1) is 10.6. The minimum absolute atomic E-state index is 0.220. The van der Waals surface area contributed by atoms with Crippen LogP contribution in [0.15, 0.2) is 35.3 Å². The topological polar surface area (TPSA) is 46.4 Å². The van der Waals surface area contributed by atoms with E-state index in [0.29, 0.717) is 15.8 Å². The van der Waals surface area contributed by atoms with Crippen LogP contribution in [0.1, 0.15) is 21.7 Å². The van der Waals surface area contributed by atoms with Crippen LogP contribution in [0.25, 0.3) is 5.69 Å². The van der Waals surface area contributed by atoms with E-state index < -0.39 is 0 Å². The van der Waals surface area contributed by atoms with Crippen molar-refractivity contribution in [1.29, 1.82) is 0 Å². The van der Waals surface area contributed by atoms with Gasteiger partial charge in [-0.05, 0) is 44.2 Å². The summed E-state index contributed by atoms with van der Waals surface area (Å²) in [5.41, 5.74) is 3.61. The molecule has 6 heteroatoms. The normalized spacial score (nSPS) is 14.0. The number of benzene rings is 1. The van der Waals surface area contributed by atoms with E-state index in [1.807, 2.05) is 38.1 Å². The molecule has 0 fully saturated rings. The predicted octanol–water partition coefficient (Wildman–Crippen LogP) is 3.58. The minimum Gasteiger partial charge on any atom is -0.318 e. The Labute approximate surface area is 138 Å². The van der Waals surface area contributed by atoms with Crippen LogP contribution in [-0.2, 0) is 0 Å². The lowest BCUT2D eigenvalue weighted by Crippen LogP contribution is -2.27. The second-order valence-electron chi connectivity index (χ2n) is 5.11. The first-order valence-corrected chi connectivity index (χ1v) is 8.36. The number of aromatic nitrogens is 1. The van der Waals surface area contributed by atoms with E-state index in [-0.39, 0.29) is 5.91 Å². The third-order valence-electron chi connectivity index (χ3n) is 3.53. The molecule has 4 nitrogen and oxygen atoms in total. The summed E-state index contributed by atoms with van der Waals surface area (Å²) in [6, 6.07) is 9.59. The van der Waals surface area contributed by atoms with E-state index in [0.717, 1.165) is 29.4 Å². The molecule has 0 spiro atoms. The molecule has 1 aliphatic rings. The lowest BCUT2D eigenvalue weighted by Gasteiger charge is -2.12. The summed E-state index contributed by atoms with van der Waals surface area (Å²) >= 11 is 7.75. The maximum Gasteiger partial charge on any atom is 0.258 e. The van der Waals surface area contributed by atoms with Crippen LogP contribution in [0, 0.1) is 13.8 Å². The van der Waals surface area contributed by atoms with E-state index in [1.165, 1.54) is 0 Å².